The lowest BCUT2D eigenvalue weighted by Gasteiger charge is -2.38. The van der Waals surface area contributed by atoms with E-state index in [9.17, 15) is 0 Å². The molecule has 0 radical (unpaired) electrons. The molecule has 2 rings (SSSR count). The van der Waals surface area contributed by atoms with Crippen LogP contribution in [0.2, 0.25) is 0 Å². The molecule has 0 saturated carbocycles. The van der Waals surface area contributed by atoms with E-state index in [0.717, 1.165) is 13.2 Å². The number of hydrogen-bond acceptors (Lipinski definition) is 4. The van der Waals surface area contributed by atoms with Crippen molar-refractivity contribution >= 4 is 11.8 Å². The number of rotatable bonds is 6. The van der Waals surface area contributed by atoms with Crippen molar-refractivity contribution in [3.8, 4) is 0 Å². The summed E-state index contributed by atoms with van der Waals surface area (Å²) >= 11 is 2.11. The molecule has 18 heavy (non-hydrogen) atoms. The molecule has 2 aliphatic rings. The Hall–Kier alpha value is 0.230. The Labute approximate surface area is 116 Å². The van der Waals surface area contributed by atoms with E-state index >= 15 is 0 Å². The van der Waals surface area contributed by atoms with Crippen LogP contribution < -0.4 is 5.32 Å². The highest BCUT2D eigenvalue weighted by atomic mass is 32.2. The van der Waals surface area contributed by atoms with Gasteiger partial charge >= 0.3 is 0 Å². The van der Waals surface area contributed by atoms with Crippen LogP contribution in [0, 0.1) is 0 Å². The zero-order chi connectivity index (χ0) is 12.8. The molecule has 2 aliphatic heterocycles. The summed E-state index contributed by atoms with van der Waals surface area (Å²) < 4.78 is 5.75. The van der Waals surface area contributed by atoms with Gasteiger partial charge in [0.2, 0.25) is 0 Å². The second-order valence-corrected chi connectivity index (χ2v) is 6.65. The maximum Gasteiger partial charge on any atom is 0.0576 e. The summed E-state index contributed by atoms with van der Waals surface area (Å²) in [6.45, 7) is 5.51. The number of likely N-dealkylation sites (N-methyl/N-ethyl adjacent to an activating group) is 2. The molecule has 0 aromatic heterocycles. The van der Waals surface area contributed by atoms with Crippen molar-refractivity contribution < 1.29 is 4.74 Å². The molecule has 0 aliphatic carbocycles. The minimum absolute atomic E-state index is 0.535. The van der Waals surface area contributed by atoms with Gasteiger partial charge in [-0.1, -0.05) is 6.92 Å². The lowest BCUT2D eigenvalue weighted by atomic mass is 9.99. The number of nitrogens with zero attached hydrogens (tertiary/aromatic N) is 1. The van der Waals surface area contributed by atoms with Crippen LogP contribution in [0.5, 0.6) is 0 Å². The van der Waals surface area contributed by atoms with Gasteiger partial charge in [0, 0.05) is 36.7 Å². The van der Waals surface area contributed by atoms with Gasteiger partial charge in [-0.05, 0) is 39.3 Å². The number of thioether (sulfide) groups is 1. The molecule has 0 aromatic rings. The topological polar surface area (TPSA) is 24.5 Å². The van der Waals surface area contributed by atoms with Gasteiger partial charge < -0.3 is 15.0 Å². The van der Waals surface area contributed by atoms with Crippen LogP contribution in [0.15, 0.2) is 0 Å². The van der Waals surface area contributed by atoms with Crippen LogP contribution in [0.1, 0.15) is 32.6 Å². The van der Waals surface area contributed by atoms with E-state index in [-0.39, 0.29) is 0 Å². The van der Waals surface area contributed by atoms with Crippen molar-refractivity contribution in [3.63, 3.8) is 0 Å². The van der Waals surface area contributed by atoms with Gasteiger partial charge in [-0.2, -0.15) is 11.8 Å². The monoisotopic (exact) mass is 272 g/mol. The minimum Gasteiger partial charge on any atom is -0.378 e. The Morgan fingerprint density at radius 1 is 1.50 bits per heavy atom. The number of ether oxygens (including phenoxy) is 1. The molecule has 3 unspecified atom stereocenters. The van der Waals surface area contributed by atoms with Crippen LogP contribution in [0.4, 0.5) is 0 Å². The maximum absolute atomic E-state index is 5.75. The third-order valence-corrected chi connectivity index (χ3v) is 5.25. The van der Waals surface area contributed by atoms with E-state index in [1.807, 2.05) is 0 Å². The lowest BCUT2D eigenvalue weighted by molar-refractivity contribution is 0.0947. The van der Waals surface area contributed by atoms with Crippen LogP contribution in [0.3, 0.4) is 0 Å². The molecule has 106 valence electrons. The summed E-state index contributed by atoms with van der Waals surface area (Å²) in [4.78, 5) is 2.54. The van der Waals surface area contributed by atoms with E-state index in [4.69, 9.17) is 4.74 Å². The average Bonchev–Trinajstić information content (AvgIpc) is 2.88. The molecule has 4 heteroatoms. The molecular formula is C14H28N2OS. The normalized spacial score (nSPS) is 31.7. The van der Waals surface area contributed by atoms with Crippen LogP contribution in [-0.2, 0) is 4.74 Å². The molecule has 0 aromatic carbocycles. The maximum atomic E-state index is 5.75. The van der Waals surface area contributed by atoms with Crippen molar-refractivity contribution in [1.82, 2.24) is 10.2 Å². The second kappa shape index (κ2) is 7.73. The SMILES string of the molecule is CCNC(CCC1CCCO1)C1CSCCN1C. The summed E-state index contributed by atoms with van der Waals surface area (Å²) in [5, 5.41) is 3.70. The van der Waals surface area contributed by atoms with Gasteiger partial charge in [-0.15, -0.1) is 0 Å². The van der Waals surface area contributed by atoms with Gasteiger partial charge in [0.1, 0.15) is 0 Å². The smallest absolute Gasteiger partial charge is 0.0576 e. The zero-order valence-corrected chi connectivity index (χ0v) is 12.7. The summed E-state index contributed by atoms with van der Waals surface area (Å²) in [6.07, 6.45) is 5.55. The predicted molar refractivity (Wildman–Crippen MR) is 79.4 cm³/mol. The number of hydrogen-bond donors (Lipinski definition) is 1. The Bertz CT molecular complexity index is 234. The summed E-state index contributed by atoms with van der Waals surface area (Å²) in [6, 6.07) is 1.34. The average molecular weight is 272 g/mol. The Morgan fingerprint density at radius 3 is 3.06 bits per heavy atom. The second-order valence-electron chi connectivity index (χ2n) is 5.50. The fraction of sp³-hybridized carbons (Fsp3) is 1.00. The minimum atomic E-state index is 0.535. The van der Waals surface area contributed by atoms with Crippen LogP contribution in [0.25, 0.3) is 0 Å². The van der Waals surface area contributed by atoms with Gasteiger partial charge in [-0.25, -0.2) is 0 Å². The summed E-state index contributed by atoms with van der Waals surface area (Å²) in [7, 11) is 2.28. The van der Waals surface area contributed by atoms with E-state index in [1.54, 1.807) is 0 Å². The van der Waals surface area contributed by atoms with Gasteiger partial charge in [-0.3, -0.25) is 0 Å². The van der Waals surface area contributed by atoms with Crippen molar-refractivity contribution in [2.45, 2.75) is 50.8 Å². The highest BCUT2D eigenvalue weighted by molar-refractivity contribution is 7.99. The predicted octanol–water partition coefficient (Wildman–Crippen LogP) is 1.97. The standard InChI is InChI=1S/C14H28N2OS/c1-3-15-13(7-6-12-5-4-9-17-12)14-11-18-10-8-16(14)2/h12-15H,3-11H2,1-2H3. The van der Waals surface area contributed by atoms with Gasteiger partial charge in [0.05, 0.1) is 6.10 Å². The zero-order valence-electron chi connectivity index (χ0n) is 11.9. The van der Waals surface area contributed by atoms with E-state index in [1.165, 1.54) is 43.7 Å². The first-order valence-electron chi connectivity index (χ1n) is 7.44. The quantitative estimate of drug-likeness (QED) is 0.799. The highest BCUT2D eigenvalue weighted by Gasteiger charge is 2.28. The highest BCUT2D eigenvalue weighted by Crippen LogP contribution is 2.23. The summed E-state index contributed by atoms with van der Waals surface area (Å²) in [5.74, 6) is 2.57. The Balaban J connectivity index is 1.81. The molecule has 1 N–H and O–H groups in total. The largest absolute Gasteiger partial charge is 0.378 e. The Morgan fingerprint density at radius 2 is 2.39 bits per heavy atom. The molecular weight excluding hydrogens is 244 g/mol. The van der Waals surface area contributed by atoms with Crippen molar-refractivity contribution in [1.29, 1.82) is 0 Å². The Kier molecular flexibility index (Phi) is 6.29. The van der Waals surface area contributed by atoms with E-state index in [2.05, 4.69) is 35.9 Å². The van der Waals surface area contributed by atoms with Crippen molar-refractivity contribution in [2.24, 2.45) is 0 Å². The first-order chi connectivity index (χ1) is 8.81. The molecule has 2 heterocycles. The van der Waals surface area contributed by atoms with Gasteiger partial charge in [0.15, 0.2) is 0 Å². The van der Waals surface area contributed by atoms with E-state index in [0.29, 0.717) is 18.2 Å². The molecule has 2 fully saturated rings. The lowest BCUT2D eigenvalue weighted by Crippen LogP contribution is -2.52. The van der Waals surface area contributed by atoms with Crippen molar-refractivity contribution in [3.05, 3.63) is 0 Å². The molecule has 3 nitrogen and oxygen atoms in total. The summed E-state index contributed by atoms with van der Waals surface area (Å²) in [5.41, 5.74) is 0. The third-order valence-electron chi connectivity index (χ3n) is 4.20. The molecule has 3 atom stereocenters. The fourth-order valence-corrected chi connectivity index (χ4v) is 4.37. The first kappa shape index (κ1) is 14.6. The first-order valence-corrected chi connectivity index (χ1v) is 8.59. The fourth-order valence-electron chi connectivity index (χ4n) is 3.06. The molecule has 0 spiro atoms. The van der Waals surface area contributed by atoms with Crippen molar-refractivity contribution in [2.75, 3.05) is 38.2 Å². The number of nitrogens with one attached hydrogen (secondary N) is 1. The van der Waals surface area contributed by atoms with E-state index < -0.39 is 0 Å². The molecule has 0 amide bonds. The van der Waals surface area contributed by atoms with Gasteiger partial charge in [0.25, 0.3) is 0 Å². The van der Waals surface area contributed by atoms with Crippen LogP contribution in [-0.4, -0.2) is 61.3 Å². The molecule has 0 bridgehead atoms. The third kappa shape index (κ3) is 4.12. The molecule has 2 saturated heterocycles. The van der Waals surface area contributed by atoms with Crippen LogP contribution >= 0.6 is 11.8 Å².